The smallest absolute Gasteiger partial charge is 0.787 e. The maximum Gasteiger partial charge on any atom is 2.00 e. The molecule has 0 aromatic rings. The van der Waals surface area contributed by atoms with E-state index in [2.05, 4.69) is 55.9 Å². The molecule has 2 saturated heterocycles. The number of piperidine rings is 2. The van der Waals surface area contributed by atoms with Gasteiger partial charge in [0.15, 0.2) is 0 Å². The van der Waals surface area contributed by atoms with Crippen LogP contribution in [0.25, 0.3) is 0 Å². The van der Waals surface area contributed by atoms with Crippen LogP contribution in [-0.4, -0.2) is 44.9 Å². The van der Waals surface area contributed by atoms with Crippen LogP contribution in [0.15, 0.2) is 5.10 Å². The van der Waals surface area contributed by atoms with E-state index in [1.807, 2.05) is 5.01 Å². The molecule has 1 N–H and O–H groups in total. The number of hydrazone groups is 1. The molecule has 0 aromatic heterocycles. The van der Waals surface area contributed by atoms with Crippen LogP contribution in [0.5, 0.6) is 0 Å². The van der Waals surface area contributed by atoms with E-state index in [1.54, 1.807) is 0 Å². The average Bonchev–Trinajstić information content (AvgIpc) is 2.44. The second-order valence-corrected chi connectivity index (χ2v) is 10.2. The van der Waals surface area contributed by atoms with Crippen LogP contribution in [0.2, 0.25) is 0 Å². The first-order valence-electron chi connectivity index (χ1n) is 8.41. The van der Waals surface area contributed by atoms with Crippen molar-refractivity contribution in [2.24, 2.45) is 15.9 Å². The standard InChI is InChI=1S/2C8H16N2S2.Zn/c2*1-8(2)3-5-10(6-4-8)9-7(11)12;/h2*3-6H2,1-2H3,(H2,9,11,12);/q;;+2/p-2. The fraction of sp³-hybridized carbons (Fsp3) is 0.875. The molecule has 140 valence electrons. The molecule has 25 heavy (non-hydrogen) atoms. The normalized spacial score (nSPS) is 21.9. The number of thiol groups is 1. The zero-order chi connectivity index (χ0) is 18.4. The maximum atomic E-state index is 4.84. The number of hydrazine groups is 1. The third kappa shape index (κ3) is 11.9. The maximum absolute atomic E-state index is 4.84. The number of hydrogen-bond donors (Lipinski definition) is 2. The summed E-state index contributed by atoms with van der Waals surface area (Å²) < 4.78 is 0.893. The molecule has 0 saturated carbocycles. The van der Waals surface area contributed by atoms with Gasteiger partial charge in [0.1, 0.15) is 4.32 Å². The molecule has 2 rings (SSSR count). The first-order chi connectivity index (χ1) is 11.0. The monoisotopic (exact) mass is 470 g/mol. The van der Waals surface area contributed by atoms with Gasteiger partial charge in [-0.25, -0.2) is 14.5 Å². The van der Waals surface area contributed by atoms with Gasteiger partial charge in [-0.15, -0.1) is 12.6 Å². The second kappa shape index (κ2) is 11.5. The van der Waals surface area contributed by atoms with Crippen molar-refractivity contribution in [2.45, 2.75) is 53.4 Å². The van der Waals surface area contributed by atoms with E-state index in [9.17, 15) is 0 Å². The molecule has 9 heteroatoms. The number of nitrogens with one attached hydrogen (secondary N) is 1. The first kappa shape index (κ1) is 25.7. The average molecular weight is 472 g/mol. The van der Waals surface area contributed by atoms with Gasteiger partial charge in [-0.1, -0.05) is 39.9 Å². The molecule has 0 radical (unpaired) electrons. The Kier molecular flexibility index (Phi) is 11.9. The van der Waals surface area contributed by atoms with Crippen molar-refractivity contribution in [3.63, 3.8) is 0 Å². The van der Waals surface area contributed by atoms with Gasteiger partial charge in [0.2, 0.25) is 0 Å². The van der Waals surface area contributed by atoms with E-state index in [0.717, 1.165) is 26.2 Å². The summed E-state index contributed by atoms with van der Waals surface area (Å²) in [4.78, 5) is 0. The van der Waals surface area contributed by atoms with Crippen LogP contribution in [0.4, 0.5) is 0 Å². The quantitative estimate of drug-likeness (QED) is 0.160. The van der Waals surface area contributed by atoms with Crippen LogP contribution in [0, 0.1) is 10.8 Å². The SMILES string of the molecule is CC1(C)CCN(N=C([S-])[S-])CC1.CC1(C)CCN(NC(=S)S)CC1.[Zn+2]. The summed E-state index contributed by atoms with van der Waals surface area (Å²) >= 11 is 18.4. The van der Waals surface area contributed by atoms with Crippen LogP contribution in [-0.2, 0) is 44.7 Å². The summed E-state index contributed by atoms with van der Waals surface area (Å²) in [5.74, 6) is 0. The van der Waals surface area contributed by atoms with Crippen LogP contribution in [0.1, 0.15) is 53.4 Å². The summed E-state index contributed by atoms with van der Waals surface area (Å²) in [5, 5.41) is 8.21. The summed E-state index contributed by atoms with van der Waals surface area (Å²) in [5.41, 5.74) is 4.01. The predicted molar refractivity (Wildman–Crippen MR) is 116 cm³/mol. The molecule has 2 heterocycles. The molecule has 2 aliphatic rings. The number of thiocarbonyl (C=S) groups is 1. The predicted octanol–water partition coefficient (Wildman–Crippen LogP) is 3.30. The van der Waals surface area contributed by atoms with E-state index in [1.165, 1.54) is 25.7 Å². The molecule has 0 bridgehead atoms. The van der Waals surface area contributed by atoms with Crippen molar-refractivity contribution in [1.82, 2.24) is 15.4 Å². The summed E-state index contributed by atoms with van der Waals surface area (Å²) in [6, 6.07) is 0. The van der Waals surface area contributed by atoms with Crippen molar-refractivity contribution < 1.29 is 19.5 Å². The van der Waals surface area contributed by atoms with Crippen molar-refractivity contribution in [3.8, 4) is 0 Å². The molecule has 4 nitrogen and oxygen atoms in total. The van der Waals surface area contributed by atoms with E-state index in [4.69, 9.17) is 37.5 Å². The summed E-state index contributed by atoms with van der Waals surface area (Å²) in [6.45, 7) is 13.3. The number of rotatable bonds is 2. The zero-order valence-corrected chi connectivity index (χ0v) is 22.2. The van der Waals surface area contributed by atoms with Crippen LogP contribution < -0.4 is 5.43 Å². The van der Waals surface area contributed by atoms with Gasteiger partial charge < -0.3 is 35.7 Å². The second-order valence-electron chi connectivity index (χ2n) is 8.05. The molecular formula is C16H30N4S4Zn. The fourth-order valence-electron chi connectivity index (χ4n) is 2.67. The molecule has 0 atom stereocenters. The molecule has 0 unspecified atom stereocenters. The van der Waals surface area contributed by atoms with E-state index < -0.39 is 0 Å². The van der Waals surface area contributed by atoms with Crippen molar-refractivity contribution in [2.75, 3.05) is 26.2 Å². The molecule has 2 aliphatic heterocycles. The molecule has 2 fully saturated rings. The molecular weight excluding hydrogens is 442 g/mol. The first-order valence-corrected chi connectivity index (χ1v) is 10.1. The van der Waals surface area contributed by atoms with E-state index in [0.29, 0.717) is 19.5 Å². The van der Waals surface area contributed by atoms with Crippen molar-refractivity contribution in [1.29, 1.82) is 0 Å². The van der Waals surface area contributed by atoms with Gasteiger partial charge >= 0.3 is 19.5 Å². The van der Waals surface area contributed by atoms with E-state index >= 15 is 0 Å². The molecule has 0 aromatic carbocycles. The summed E-state index contributed by atoms with van der Waals surface area (Å²) in [6.07, 6.45) is 4.79. The minimum Gasteiger partial charge on any atom is -0.787 e. The third-order valence-electron chi connectivity index (χ3n) is 4.69. The Morgan fingerprint density at radius 2 is 1.36 bits per heavy atom. The van der Waals surface area contributed by atoms with Crippen LogP contribution >= 0.6 is 24.8 Å². The Morgan fingerprint density at radius 1 is 0.960 bits per heavy atom. The number of nitrogens with zero attached hydrogens (tertiary/aromatic N) is 3. The fourth-order valence-corrected chi connectivity index (χ4v) is 3.18. The zero-order valence-electron chi connectivity index (χ0n) is 15.9. The number of hydrogen-bond acceptors (Lipinski definition) is 6. The third-order valence-corrected chi connectivity index (χ3v) is 5.04. The largest absolute Gasteiger partial charge is 2.00 e. The van der Waals surface area contributed by atoms with Gasteiger partial charge in [-0.05, 0) is 36.5 Å². The Balaban J connectivity index is 0.000000443. The van der Waals surface area contributed by atoms with Gasteiger partial charge in [0, 0.05) is 26.2 Å². The minimum atomic E-state index is 0. The van der Waals surface area contributed by atoms with Crippen LogP contribution in [0.3, 0.4) is 0 Å². The van der Waals surface area contributed by atoms with Gasteiger partial charge in [0.25, 0.3) is 0 Å². The minimum absolute atomic E-state index is 0. The van der Waals surface area contributed by atoms with Gasteiger partial charge in [-0.3, -0.25) is 0 Å². The Morgan fingerprint density at radius 3 is 1.72 bits per heavy atom. The molecule has 0 amide bonds. The Hall–Kier alpha value is 0.733. The van der Waals surface area contributed by atoms with Gasteiger partial charge in [0.05, 0.1) is 0 Å². The van der Waals surface area contributed by atoms with Crippen molar-refractivity contribution >= 4 is 58.8 Å². The molecule has 0 spiro atoms. The molecule has 0 aliphatic carbocycles. The Labute approximate surface area is 188 Å². The van der Waals surface area contributed by atoms with Gasteiger partial charge in [-0.2, -0.15) is 0 Å². The summed E-state index contributed by atoms with van der Waals surface area (Å²) in [7, 11) is 0. The van der Waals surface area contributed by atoms with Crippen molar-refractivity contribution in [3.05, 3.63) is 0 Å². The Bertz CT molecular complexity index is 433. The topological polar surface area (TPSA) is 30.9 Å². The van der Waals surface area contributed by atoms with E-state index in [-0.39, 0.29) is 19.5 Å².